The van der Waals surface area contributed by atoms with Crippen molar-refractivity contribution in [1.29, 1.82) is 5.26 Å². The summed E-state index contributed by atoms with van der Waals surface area (Å²) in [5, 5.41) is 9.28. The molecule has 0 aliphatic heterocycles. The first-order valence-electron chi connectivity index (χ1n) is 4.37. The Bertz CT molecular complexity index is 376. The second kappa shape index (κ2) is 5.82. The fourth-order valence-electron chi connectivity index (χ4n) is 0.956. The first kappa shape index (κ1) is 12.1. The number of rotatable bonds is 4. The summed E-state index contributed by atoms with van der Waals surface area (Å²) in [6.07, 6.45) is 0.458. The fourth-order valence-corrected chi connectivity index (χ4v) is 1.30. The smallest absolute Gasteiger partial charge is 0.139 e. The number of hydrogen-bond donors (Lipinski definition) is 1. The quantitative estimate of drug-likeness (QED) is 0.886. The standard InChI is InChI=1S/C10H10Cl2N2O/c11-8-2-1-3-9(10(8)12)15-5-4-7(14)6-13/h1-3,7H,4-5,14H2. The molecule has 0 aliphatic carbocycles. The molecule has 0 spiro atoms. The van der Waals surface area contributed by atoms with E-state index in [0.717, 1.165) is 0 Å². The molecule has 2 N–H and O–H groups in total. The summed E-state index contributed by atoms with van der Waals surface area (Å²) >= 11 is 11.7. The Morgan fingerprint density at radius 1 is 1.47 bits per heavy atom. The summed E-state index contributed by atoms with van der Waals surface area (Å²) in [6.45, 7) is 0.342. The fraction of sp³-hybridized carbons (Fsp3) is 0.300. The minimum Gasteiger partial charge on any atom is -0.492 e. The lowest BCUT2D eigenvalue weighted by molar-refractivity contribution is 0.306. The van der Waals surface area contributed by atoms with Gasteiger partial charge in [-0.3, -0.25) is 0 Å². The van der Waals surface area contributed by atoms with Gasteiger partial charge in [-0.15, -0.1) is 0 Å². The van der Waals surface area contributed by atoms with Crippen LogP contribution in [0.15, 0.2) is 18.2 Å². The third-order valence-corrected chi connectivity index (χ3v) is 2.57. The molecule has 0 amide bonds. The highest BCUT2D eigenvalue weighted by Crippen LogP contribution is 2.31. The summed E-state index contributed by atoms with van der Waals surface area (Å²) < 4.78 is 5.34. The van der Waals surface area contributed by atoms with E-state index in [9.17, 15) is 0 Å². The molecule has 0 radical (unpaired) electrons. The highest BCUT2D eigenvalue weighted by Gasteiger charge is 2.06. The van der Waals surface area contributed by atoms with Crippen LogP contribution in [-0.2, 0) is 0 Å². The number of ether oxygens (including phenoxy) is 1. The van der Waals surface area contributed by atoms with Gasteiger partial charge in [0.25, 0.3) is 0 Å². The predicted molar refractivity (Wildman–Crippen MR) is 60.2 cm³/mol. The van der Waals surface area contributed by atoms with E-state index in [4.69, 9.17) is 38.9 Å². The van der Waals surface area contributed by atoms with Gasteiger partial charge >= 0.3 is 0 Å². The summed E-state index contributed by atoms with van der Waals surface area (Å²) in [7, 11) is 0. The highest BCUT2D eigenvalue weighted by molar-refractivity contribution is 6.42. The molecule has 15 heavy (non-hydrogen) atoms. The zero-order chi connectivity index (χ0) is 11.3. The molecule has 3 nitrogen and oxygen atoms in total. The Morgan fingerprint density at radius 3 is 2.87 bits per heavy atom. The van der Waals surface area contributed by atoms with Crippen LogP contribution in [0.4, 0.5) is 0 Å². The van der Waals surface area contributed by atoms with Gasteiger partial charge in [0.15, 0.2) is 0 Å². The van der Waals surface area contributed by atoms with E-state index in [1.165, 1.54) is 0 Å². The van der Waals surface area contributed by atoms with Crippen LogP contribution in [0.1, 0.15) is 6.42 Å². The molecule has 1 aromatic rings. The van der Waals surface area contributed by atoms with E-state index in [-0.39, 0.29) is 0 Å². The van der Waals surface area contributed by atoms with Gasteiger partial charge in [0, 0.05) is 6.42 Å². The van der Waals surface area contributed by atoms with Gasteiger partial charge in [-0.05, 0) is 12.1 Å². The maximum atomic E-state index is 8.45. The molecule has 0 aromatic heterocycles. The summed E-state index contributed by atoms with van der Waals surface area (Å²) in [5.41, 5.74) is 5.40. The second-order valence-electron chi connectivity index (χ2n) is 2.92. The maximum absolute atomic E-state index is 8.45. The van der Waals surface area contributed by atoms with Crippen molar-refractivity contribution in [3.63, 3.8) is 0 Å². The van der Waals surface area contributed by atoms with Crippen LogP contribution in [0.2, 0.25) is 10.0 Å². The molecule has 0 bridgehead atoms. The number of hydrogen-bond acceptors (Lipinski definition) is 3. The normalized spacial score (nSPS) is 11.9. The Morgan fingerprint density at radius 2 is 2.20 bits per heavy atom. The van der Waals surface area contributed by atoms with Gasteiger partial charge in [-0.2, -0.15) is 5.26 Å². The average molecular weight is 245 g/mol. The van der Waals surface area contributed by atoms with Crippen LogP contribution < -0.4 is 10.5 Å². The van der Waals surface area contributed by atoms with Crippen molar-refractivity contribution in [3.8, 4) is 11.8 Å². The lowest BCUT2D eigenvalue weighted by Gasteiger charge is -2.09. The average Bonchev–Trinajstić information content (AvgIpc) is 2.24. The molecule has 0 saturated heterocycles. The zero-order valence-electron chi connectivity index (χ0n) is 7.91. The molecule has 1 aromatic carbocycles. The van der Waals surface area contributed by atoms with E-state index < -0.39 is 6.04 Å². The number of benzene rings is 1. The maximum Gasteiger partial charge on any atom is 0.139 e. The SMILES string of the molecule is N#CC(N)CCOc1cccc(Cl)c1Cl. The lowest BCUT2D eigenvalue weighted by atomic mass is 10.2. The van der Waals surface area contributed by atoms with E-state index in [1.54, 1.807) is 18.2 Å². The van der Waals surface area contributed by atoms with Crippen molar-refractivity contribution in [3.05, 3.63) is 28.2 Å². The molecule has 0 fully saturated rings. The van der Waals surface area contributed by atoms with E-state index in [2.05, 4.69) is 0 Å². The van der Waals surface area contributed by atoms with Gasteiger partial charge in [0.2, 0.25) is 0 Å². The third-order valence-electron chi connectivity index (χ3n) is 1.77. The largest absolute Gasteiger partial charge is 0.492 e. The Hall–Kier alpha value is -0.950. The Balaban J connectivity index is 2.52. The third kappa shape index (κ3) is 3.60. The number of nitrogens with zero attached hydrogens (tertiary/aromatic N) is 1. The molecular formula is C10H10Cl2N2O. The molecule has 5 heteroatoms. The van der Waals surface area contributed by atoms with Crippen LogP contribution in [0.3, 0.4) is 0 Å². The van der Waals surface area contributed by atoms with Gasteiger partial charge in [-0.25, -0.2) is 0 Å². The summed E-state index contributed by atoms with van der Waals surface area (Å²) in [4.78, 5) is 0. The van der Waals surface area contributed by atoms with Crippen molar-refractivity contribution < 1.29 is 4.74 Å². The van der Waals surface area contributed by atoms with Gasteiger partial charge in [0.05, 0.1) is 23.7 Å². The first-order chi connectivity index (χ1) is 7.15. The van der Waals surface area contributed by atoms with E-state index in [1.807, 2.05) is 6.07 Å². The minimum atomic E-state index is -0.511. The molecule has 1 rings (SSSR count). The summed E-state index contributed by atoms with van der Waals surface area (Å²) in [5.74, 6) is 0.509. The van der Waals surface area contributed by atoms with Crippen molar-refractivity contribution in [1.82, 2.24) is 0 Å². The van der Waals surface area contributed by atoms with Crippen LogP contribution in [-0.4, -0.2) is 12.6 Å². The Labute approximate surface area is 98.3 Å². The molecule has 0 aliphatic rings. The Kier molecular flexibility index (Phi) is 4.70. The molecule has 0 saturated carbocycles. The first-order valence-corrected chi connectivity index (χ1v) is 5.12. The highest BCUT2D eigenvalue weighted by atomic mass is 35.5. The van der Waals surface area contributed by atoms with Crippen molar-refractivity contribution in [2.45, 2.75) is 12.5 Å². The molecule has 0 heterocycles. The number of halogens is 2. The van der Waals surface area contributed by atoms with Gasteiger partial charge in [0.1, 0.15) is 10.8 Å². The molecular weight excluding hydrogens is 235 g/mol. The predicted octanol–water partition coefficient (Wildman–Crippen LogP) is 2.61. The van der Waals surface area contributed by atoms with Crippen molar-refractivity contribution in [2.24, 2.45) is 5.73 Å². The van der Waals surface area contributed by atoms with Crippen LogP contribution in [0, 0.1) is 11.3 Å². The molecule has 80 valence electrons. The molecule has 1 unspecified atom stereocenters. The lowest BCUT2D eigenvalue weighted by Crippen LogP contribution is -2.20. The van der Waals surface area contributed by atoms with E-state index >= 15 is 0 Å². The van der Waals surface area contributed by atoms with E-state index in [0.29, 0.717) is 28.8 Å². The summed E-state index contributed by atoms with van der Waals surface area (Å²) in [6, 6.07) is 6.54. The molecule has 1 atom stereocenters. The second-order valence-corrected chi connectivity index (χ2v) is 3.71. The van der Waals surface area contributed by atoms with Crippen molar-refractivity contribution in [2.75, 3.05) is 6.61 Å². The topological polar surface area (TPSA) is 59.0 Å². The van der Waals surface area contributed by atoms with Crippen molar-refractivity contribution >= 4 is 23.2 Å². The van der Waals surface area contributed by atoms with Crippen LogP contribution in [0.5, 0.6) is 5.75 Å². The monoisotopic (exact) mass is 244 g/mol. The number of nitriles is 1. The van der Waals surface area contributed by atoms with Crippen LogP contribution >= 0.6 is 23.2 Å². The van der Waals surface area contributed by atoms with Gasteiger partial charge in [-0.1, -0.05) is 29.3 Å². The zero-order valence-corrected chi connectivity index (χ0v) is 9.42. The van der Waals surface area contributed by atoms with Crippen LogP contribution in [0.25, 0.3) is 0 Å². The minimum absolute atomic E-state index is 0.342. The van der Waals surface area contributed by atoms with Gasteiger partial charge < -0.3 is 10.5 Å². The number of nitrogens with two attached hydrogens (primary N) is 1.